The fourth-order valence-corrected chi connectivity index (χ4v) is 0.394. The molecule has 0 spiro atoms. The second-order valence-electron chi connectivity index (χ2n) is 1.55. The second-order valence-corrected chi connectivity index (χ2v) is 1.55. The molecule has 0 aliphatic rings. The predicted molar refractivity (Wildman–Crippen MR) is 42.6 cm³/mol. The molecule has 0 aromatic rings. The summed E-state index contributed by atoms with van der Waals surface area (Å²) in [6.45, 7) is 8.89. The van der Waals surface area contributed by atoms with Gasteiger partial charge in [-0.05, 0) is 13.0 Å². The molecule has 48 valence electrons. The van der Waals surface area contributed by atoms with E-state index in [-0.39, 0.29) is 0 Å². The molecule has 0 aromatic heterocycles. The highest BCUT2D eigenvalue weighted by molar-refractivity contribution is 5.93. The van der Waals surface area contributed by atoms with Crippen molar-refractivity contribution in [3.8, 4) is 0 Å². The van der Waals surface area contributed by atoms with Crippen LogP contribution in [0, 0.1) is 0 Å². The van der Waals surface area contributed by atoms with Crippen LogP contribution in [-0.2, 0) is 0 Å². The van der Waals surface area contributed by atoms with Gasteiger partial charge in [-0.3, -0.25) is 4.99 Å². The van der Waals surface area contributed by atoms with Crippen molar-refractivity contribution < 1.29 is 0 Å². The smallest absolute Gasteiger partial charge is 0.0372 e. The van der Waals surface area contributed by atoms with E-state index in [9.17, 15) is 0 Å². The molecule has 1 nitrogen and oxygen atoms in total. The summed E-state index contributed by atoms with van der Waals surface area (Å²) in [7, 11) is 0. The minimum atomic E-state index is 0.935. The SMILES string of the molecule is C=C/C=C\C(C)=N/C=C. The van der Waals surface area contributed by atoms with Gasteiger partial charge in [0.05, 0.1) is 0 Å². The molecule has 9 heavy (non-hydrogen) atoms. The molecule has 0 atom stereocenters. The monoisotopic (exact) mass is 121 g/mol. The van der Waals surface area contributed by atoms with Crippen molar-refractivity contribution in [2.75, 3.05) is 0 Å². The molecular weight excluding hydrogens is 110 g/mol. The fraction of sp³-hybridized carbons (Fsp3) is 0.125. The van der Waals surface area contributed by atoms with Crippen LogP contribution in [-0.4, -0.2) is 5.71 Å². The molecule has 0 fully saturated rings. The van der Waals surface area contributed by atoms with Gasteiger partial charge in [-0.25, -0.2) is 0 Å². The van der Waals surface area contributed by atoms with Crippen LogP contribution in [0.1, 0.15) is 6.92 Å². The minimum Gasteiger partial charge on any atom is -0.262 e. The first kappa shape index (κ1) is 7.89. The number of hydrogen-bond acceptors (Lipinski definition) is 1. The highest BCUT2D eigenvalue weighted by Gasteiger charge is 1.74. The lowest BCUT2D eigenvalue weighted by atomic mass is 10.3. The average molecular weight is 121 g/mol. The maximum Gasteiger partial charge on any atom is 0.0372 e. The quantitative estimate of drug-likeness (QED) is 0.401. The lowest BCUT2D eigenvalue weighted by Gasteiger charge is -1.82. The summed E-state index contributed by atoms with van der Waals surface area (Å²) in [6.07, 6.45) is 6.93. The van der Waals surface area contributed by atoms with Gasteiger partial charge in [0.15, 0.2) is 0 Å². The summed E-state index contributed by atoms with van der Waals surface area (Å²) < 4.78 is 0. The molecule has 0 N–H and O–H groups in total. The van der Waals surface area contributed by atoms with Crippen molar-refractivity contribution in [2.24, 2.45) is 4.99 Å². The minimum absolute atomic E-state index is 0.935. The zero-order valence-electron chi connectivity index (χ0n) is 5.67. The van der Waals surface area contributed by atoms with Crippen molar-refractivity contribution >= 4 is 5.71 Å². The zero-order chi connectivity index (χ0) is 7.11. The van der Waals surface area contributed by atoms with E-state index in [1.807, 2.05) is 19.1 Å². The Morgan fingerprint density at radius 3 is 2.56 bits per heavy atom. The molecule has 0 aromatic carbocycles. The first-order chi connectivity index (χ1) is 4.31. The van der Waals surface area contributed by atoms with E-state index < -0.39 is 0 Å². The summed E-state index contributed by atoms with van der Waals surface area (Å²) in [5.74, 6) is 0. The molecule has 0 saturated heterocycles. The van der Waals surface area contributed by atoms with Crippen LogP contribution in [0.5, 0.6) is 0 Å². The molecule has 0 radical (unpaired) electrons. The first-order valence-corrected chi connectivity index (χ1v) is 2.75. The third-order valence-electron chi connectivity index (χ3n) is 0.768. The Morgan fingerprint density at radius 2 is 2.11 bits per heavy atom. The van der Waals surface area contributed by atoms with Gasteiger partial charge < -0.3 is 0 Å². The second kappa shape index (κ2) is 5.04. The van der Waals surface area contributed by atoms with Gasteiger partial charge in [-0.15, -0.1) is 0 Å². The highest BCUT2D eigenvalue weighted by atomic mass is 14.7. The molecule has 0 unspecified atom stereocenters. The molecule has 0 aliphatic carbocycles. The third kappa shape index (κ3) is 4.75. The number of allylic oxidation sites excluding steroid dienone is 3. The molecule has 0 amide bonds. The van der Waals surface area contributed by atoms with E-state index in [2.05, 4.69) is 18.2 Å². The van der Waals surface area contributed by atoms with Crippen LogP contribution in [0.3, 0.4) is 0 Å². The van der Waals surface area contributed by atoms with Crippen molar-refractivity contribution in [2.45, 2.75) is 6.92 Å². The van der Waals surface area contributed by atoms with Crippen LogP contribution in [0.2, 0.25) is 0 Å². The fourth-order valence-electron chi connectivity index (χ4n) is 0.394. The third-order valence-corrected chi connectivity index (χ3v) is 0.768. The molecule has 1 heteroatoms. The summed E-state index contributed by atoms with van der Waals surface area (Å²) in [4.78, 5) is 3.91. The van der Waals surface area contributed by atoms with Crippen LogP contribution in [0.25, 0.3) is 0 Å². The molecule has 0 saturated carbocycles. The van der Waals surface area contributed by atoms with E-state index in [0.29, 0.717) is 0 Å². The van der Waals surface area contributed by atoms with Crippen LogP contribution in [0.15, 0.2) is 42.6 Å². The molecule has 0 heterocycles. The first-order valence-electron chi connectivity index (χ1n) is 2.75. The Hall–Kier alpha value is -1.11. The van der Waals surface area contributed by atoms with Gasteiger partial charge in [-0.2, -0.15) is 0 Å². The number of nitrogens with zero attached hydrogens (tertiary/aromatic N) is 1. The Kier molecular flexibility index (Phi) is 4.41. The standard InChI is InChI=1S/C8H11N/c1-4-6-7-8(3)9-5-2/h4-7H,1-2H2,3H3/b7-6-,9-8-. The van der Waals surface area contributed by atoms with Gasteiger partial charge in [0, 0.05) is 11.9 Å². The van der Waals surface area contributed by atoms with Gasteiger partial charge in [-0.1, -0.05) is 25.3 Å². The molecule has 0 bridgehead atoms. The Labute approximate surface area is 56.1 Å². The van der Waals surface area contributed by atoms with Crippen molar-refractivity contribution in [3.63, 3.8) is 0 Å². The molecule has 0 rings (SSSR count). The van der Waals surface area contributed by atoms with E-state index in [0.717, 1.165) is 5.71 Å². The summed E-state index contributed by atoms with van der Waals surface area (Å²) in [6, 6.07) is 0. The summed E-state index contributed by atoms with van der Waals surface area (Å²) in [5, 5.41) is 0. The van der Waals surface area contributed by atoms with Crippen LogP contribution < -0.4 is 0 Å². The van der Waals surface area contributed by atoms with E-state index in [1.54, 1.807) is 6.08 Å². The number of hydrogen-bond donors (Lipinski definition) is 0. The maximum atomic E-state index is 3.91. The summed E-state index contributed by atoms with van der Waals surface area (Å²) in [5.41, 5.74) is 0.935. The largest absolute Gasteiger partial charge is 0.262 e. The summed E-state index contributed by atoms with van der Waals surface area (Å²) >= 11 is 0. The predicted octanol–water partition coefficient (Wildman–Crippen LogP) is 2.33. The van der Waals surface area contributed by atoms with E-state index in [1.165, 1.54) is 6.20 Å². The molecule has 0 aliphatic heterocycles. The van der Waals surface area contributed by atoms with Crippen molar-refractivity contribution in [1.29, 1.82) is 0 Å². The normalized spacial score (nSPS) is 11.9. The zero-order valence-corrected chi connectivity index (χ0v) is 5.67. The van der Waals surface area contributed by atoms with Crippen LogP contribution in [0.4, 0.5) is 0 Å². The van der Waals surface area contributed by atoms with Gasteiger partial charge >= 0.3 is 0 Å². The van der Waals surface area contributed by atoms with Crippen molar-refractivity contribution in [3.05, 3.63) is 37.6 Å². The van der Waals surface area contributed by atoms with E-state index >= 15 is 0 Å². The lowest BCUT2D eigenvalue weighted by molar-refractivity contribution is 1.56. The van der Waals surface area contributed by atoms with Gasteiger partial charge in [0.1, 0.15) is 0 Å². The Morgan fingerprint density at radius 1 is 1.44 bits per heavy atom. The van der Waals surface area contributed by atoms with Crippen molar-refractivity contribution in [1.82, 2.24) is 0 Å². The number of aliphatic imine (C=N–C) groups is 1. The van der Waals surface area contributed by atoms with Gasteiger partial charge in [0.2, 0.25) is 0 Å². The Balaban J connectivity index is 3.88. The Bertz CT molecular complexity index is 152. The van der Waals surface area contributed by atoms with Gasteiger partial charge in [0.25, 0.3) is 0 Å². The highest BCUT2D eigenvalue weighted by Crippen LogP contribution is 1.81. The van der Waals surface area contributed by atoms with Crippen LogP contribution >= 0.6 is 0 Å². The van der Waals surface area contributed by atoms with E-state index in [4.69, 9.17) is 0 Å². The number of rotatable bonds is 3. The molecular formula is C8H11N. The lowest BCUT2D eigenvalue weighted by Crippen LogP contribution is -1.79. The topological polar surface area (TPSA) is 12.4 Å². The maximum absolute atomic E-state index is 3.91. The average Bonchev–Trinajstić information content (AvgIpc) is 1.85.